The first-order valence-corrected chi connectivity index (χ1v) is 7.36. The first-order chi connectivity index (χ1) is 8.58. The third-order valence-corrected chi connectivity index (χ3v) is 4.63. The predicted octanol–water partition coefficient (Wildman–Crippen LogP) is 2.04. The van der Waals surface area contributed by atoms with Gasteiger partial charge < -0.3 is 10.5 Å². The lowest BCUT2D eigenvalue weighted by atomic mass is 10.0. The van der Waals surface area contributed by atoms with Gasteiger partial charge in [0.15, 0.2) is 0 Å². The molecule has 1 aliphatic rings. The average molecular weight is 316 g/mol. The Labute approximate surface area is 117 Å². The van der Waals surface area contributed by atoms with Gasteiger partial charge in [0.1, 0.15) is 0 Å². The van der Waals surface area contributed by atoms with Crippen LogP contribution in [0.1, 0.15) is 31.2 Å². The van der Waals surface area contributed by atoms with E-state index in [2.05, 4.69) is 28.0 Å². The molecule has 2 rings (SSSR count). The van der Waals surface area contributed by atoms with Crippen LogP contribution >= 0.6 is 15.9 Å². The summed E-state index contributed by atoms with van der Waals surface area (Å²) in [5, 5.41) is 4.50. The number of methoxy groups -OCH3 is 1. The van der Waals surface area contributed by atoms with Crippen LogP contribution in [0.4, 0.5) is 0 Å². The Hall–Kier alpha value is -0.390. The number of hydrogen-bond donors (Lipinski definition) is 1. The van der Waals surface area contributed by atoms with E-state index in [1.807, 2.05) is 11.7 Å². The van der Waals surface area contributed by atoms with Crippen molar-refractivity contribution >= 4 is 15.9 Å². The normalized spacial score (nSPS) is 18.9. The minimum absolute atomic E-state index is 0.0407. The Morgan fingerprint density at radius 1 is 1.56 bits per heavy atom. The Morgan fingerprint density at radius 3 is 2.67 bits per heavy atom. The van der Waals surface area contributed by atoms with Gasteiger partial charge in [-0.1, -0.05) is 6.92 Å². The summed E-state index contributed by atoms with van der Waals surface area (Å²) in [7, 11) is 3.74. The van der Waals surface area contributed by atoms with Gasteiger partial charge in [0, 0.05) is 26.6 Å². The van der Waals surface area contributed by atoms with Gasteiger partial charge in [0.25, 0.3) is 0 Å². The highest BCUT2D eigenvalue weighted by Gasteiger charge is 2.35. The van der Waals surface area contributed by atoms with Crippen LogP contribution < -0.4 is 5.73 Å². The molecule has 1 aliphatic carbocycles. The summed E-state index contributed by atoms with van der Waals surface area (Å²) in [6, 6.07) is 0.0407. The van der Waals surface area contributed by atoms with Crippen molar-refractivity contribution in [3.63, 3.8) is 0 Å². The van der Waals surface area contributed by atoms with Crippen molar-refractivity contribution in [2.45, 2.75) is 44.8 Å². The van der Waals surface area contributed by atoms with Gasteiger partial charge in [-0.2, -0.15) is 5.10 Å². The minimum Gasteiger partial charge on any atom is -0.380 e. The largest absolute Gasteiger partial charge is 0.380 e. The number of nitrogens with zero attached hydrogens (tertiary/aromatic N) is 2. The van der Waals surface area contributed by atoms with Crippen molar-refractivity contribution in [1.82, 2.24) is 9.78 Å². The highest BCUT2D eigenvalue weighted by atomic mass is 79.9. The van der Waals surface area contributed by atoms with Crippen molar-refractivity contribution in [3.8, 4) is 0 Å². The smallest absolute Gasteiger partial charge is 0.0766 e. The second-order valence-electron chi connectivity index (χ2n) is 5.09. The average Bonchev–Trinajstić information content (AvgIpc) is 3.13. The predicted molar refractivity (Wildman–Crippen MR) is 75.5 cm³/mol. The molecular weight excluding hydrogens is 294 g/mol. The number of hydrogen-bond acceptors (Lipinski definition) is 3. The number of halogens is 1. The number of nitrogens with two attached hydrogens (primary N) is 1. The zero-order valence-electron chi connectivity index (χ0n) is 11.3. The molecule has 18 heavy (non-hydrogen) atoms. The molecule has 5 heteroatoms. The molecular formula is C13H22BrN3O. The van der Waals surface area contributed by atoms with E-state index in [9.17, 15) is 0 Å². The summed E-state index contributed by atoms with van der Waals surface area (Å²) in [4.78, 5) is 0. The highest BCUT2D eigenvalue weighted by Crippen LogP contribution is 2.36. The maximum Gasteiger partial charge on any atom is 0.0766 e. The summed E-state index contributed by atoms with van der Waals surface area (Å²) in [6.07, 6.45) is 4.41. The summed E-state index contributed by atoms with van der Waals surface area (Å²) < 4.78 is 8.59. The molecule has 0 radical (unpaired) electrons. The summed E-state index contributed by atoms with van der Waals surface area (Å²) in [5.74, 6) is 0.655. The molecule has 1 heterocycles. The molecule has 0 aliphatic heterocycles. The third kappa shape index (κ3) is 2.78. The van der Waals surface area contributed by atoms with Crippen molar-refractivity contribution < 1.29 is 4.74 Å². The standard InChI is InChI=1S/C13H22BrN3O/c1-4-10-12(14)11(17(2)16-10)7-9(15)13(18-3)8-5-6-8/h8-9,13H,4-7,15H2,1-3H3. The minimum atomic E-state index is 0.0407. The molecule has 102 valence electrons. The van der Waals surface area contributed by atoms with Crippen molar-refractivity contribution in [2.24, 2.45) is 18.7 Å². The molecule has 1 saturated carbocycles. The SMILES string of the molecule is CCc1nn(C)c(CC(N)C(OC)C2CC2)c1Br. The summed E-state index contributed by atoms with van der Waals surface area (Å²) >= 11 is 3.63. The van der Waals surface area contributed by atoms with Crippen LogP contribution in [0.5, 0.6) is 0 Å². The number of aryl methyl sites for hydroxylation is 2. The Kier molecular flexibility index (Phi) is 4.45. The monoisotopic (exact) mass is 315 g/mol. The quantitative estimate of drug-likeness (QED) is 0.874. The molecule has 0 saturated heterocycles. The molecule has 4 nitrogen and oxygen atoms in total. The number of ether oxygens (including phenoxy) is 1. The maximum absolute atomic E-state index is 6.30. The molecule has 0 amide bonds. The third-order valence-electron chi connectivity index (χ3n) is 3.71. The Bertz CT molecular complexity index is 415. The molecule has 1 aromatic rings. The van der Waals surface area contributed by atoms with Gasteiger partial charge >= 0.3 is 0 Å². The van der Waals surface area contributed by atoms with E-state index in [0.717, 1.165) is 23.0 Å². The highest BCUT2D eigenvalue weighted by molar-refractivity contribution is 9.10. The second-order valence-corrected chi connectivity index (χ2v) is 5.88. The lowest BCUT2D eigenvalue weighted by Gasteiger charge is -2.22. The van der Waals surface area contributed by atoms with E-state index in [1.165, 1.54) is 18.5 Å². The number of rotatable bonds is 6. The van der Waals surface area contributed by atoms with Gasteiger partial charge in [-0.25, -0.2) is 0 Å². The Balaban J connectivity index is 2.10. The Morgan fingerprint density at radius 2 is 2.22 bits per heavy atom. The van der Waals surface area contributed by atoms with Crippen LogP contribution in [-0.2, 0) is 24.6 Å². The summed E-state index contributed by atoms with van der Waals surface area (Å²) in [6.45, 7) is 2.11. The molecule has 1 aromatic heterocycles. The molecule has 2 atom stereocenters. The molecule has 0 aromatic carbocycles. The van der Waals surface area contributed by atoms with Crippen LogP contribution in [0.25, 0.3) is 0 Å². The molecule has 0 spiro atoms. The molecule has 1 fully saturated rings. The maximum atomic E-state index is 6.30. The van der Waals surface area contributed by atoms with Crippen molar-refractivity contribution in [1.29, 1.82) is 0 Å². The number of aromatic nitrogens is 2. The van der Waals surface area contributed by atoms with Crippen LogP contribution in [0.2, 0.25) is 0 Å². The molecule has 0 bridgehead atoms. The van der Waals surface area contributed by atoms with Crippen LogP contribution in [-0.4, -0.2) is 29.0 Å². The fraction of sp³-hybridized carbons (Fsp3) is 0.769. The first kappa shape index (κ1) is 14.0. The van der Waals surface area contributed by atoms with E-state index in [1.54, 1.807) is 7.11 Å². The van der Waals surface area contributed by atoms with Crippen molar-refractivity contribution in [3.05, 3.63) is 15.9 Å². The van der Waals surface area contributed by atoms with Crippen molar-refractivity contribution in [2.75, 3.05) is 7.11 Å². The fourth-order valence-corrected chi connectivity index (χ4v) is 3.30. The fourth-order valence-electron chi connectivity index (χ4n) is 2.52. The van der Waals surface area contributed by atoms with Gasteiger partial charge in [0.05, 0.1) is 22.0 Å². The first-order valence-electron chi connectivity index (χ1n) is 6.57. The lowest BCUT2D eigenvalue weighted by molar-refractivity contribution is 0.0621. The second kappa shape index (κ2) is 5.72. The molecule has 2 N–H and O–H groups in total. The van der Waals surface area contributed by atoms with Gasteiger partial charge in [0.2, 0.25) is 0 Å². The topological polar surface area (TPSA) is 53.1 Å². The van der Waals surface area contributed by atoms with E-state index >= 15 is 0 Å². The van der Waals surface area contributed by atoms with E-state index in [-0.39, 0.29) is 12.1 Å². The molecule has 2 unspecified atom stereocenters. The lowest BCUT2D eigenvalue weighted by Crippen LogP contribution is -2.40. The van der Waals surface area contributed by atoms with Gasteiger partial charge in [-0.15, -0.1) is 0 Å². The van der Waals surface area contributed by atoms with E-state index in [4.69, 9.17) is 10.5 Å². The van der Waals surface area contributed by atoms with Crippen LogP contribution in [0.15, 0.2) is 4.47 Å². The van der Waals surface area contributed by atoms with Crippen LogP contribution in [0, 0.1) is 5.92 Å². The van der Waals surface area contributed by atoms with E-state index < -0.39 is 0 Å². The van der Waals surface area contributed by atoms with Gasteiger partial charge in [-0.05, 0) is 41.1 Å². The zero-order chi connectivity index (χ0) is 13.3. The van der Waals surface area contributed by atoms with Crippen LogP contribution in [0.3, 0.4) is 0 Å². The summed E-state index contributed by atoms with van der Waals surface area (Å²) in [5.41, 5.74) is 8.57. The zero-order valence-corrected chi connectivity index (χ0v) is 12.9. The van der Waals surface area contributed by atoms with E-state index in [0.29, 0.717) is 5.92 Å². The van der Waals surface area contributed by atoms with Gasteiger partial charge in [-0.3, -0.25) is 4.68 Å².